The Bertz CT molecular complexity index is 760. The maximum atomic E-state index is 13.4. The maximum absolute atomic E-state index is 13.4. The van der Waals surface area contributed by atoms with Crippen LogP contribution in [0, 0.1) is 18.7 Å². The first kappa shape index (κ1) is 16.7. The van der Waals surface area contributed by atoms with Gasteiger partial charge in [0, 0.05) is 30.1 Å². The van der Waals surface area contributed by atoms with Gasteiger partial charge in [0.25, 0.3) is 0 Å². The van der Waals surface area contributed by atoms with Crippen molar-refractivity contribution < 1.29 is 9.18 Å². The molecule has 25 heavy (non-hydrogen) atoms. The third-order valence-electron chi connectivity index (χ3n) is 5.51. The molecule has 0 bridgehead atoms. The Kier molecular flexibility index (Phi) is 4.56. The van der Waals surface area contributed by atoms with Gasteiger partial charge in [0.15, 0.2) is 0 Å². The monoisotopic (exact) mass is 359 g/mol. The van der Waals surface area contributed by atoms with E-state index in [0.29, 0.717) is 0 Å². The second-order valence-electron chi connectivity index (χ2n) is 6.94. The molecule has 0 radical (unpaired) electrons. The highest BCUT2D eigenvalue weighted by Crippen LogP contribution is 2.44. The average Bonchev–Trinajstić information content (AvgIpc) is 3.11. The summed E-state index contributed by atoms with van der Waals surface area (Å²) in [5.74, 6) is -0.0533. The van der Waals surface area contributed by atoms with E-state index in [1.54, 1.807) is 11.3 Å². The molecule has 4 nitrogen and oxygen atoms in total. The van der Waals surface area contributed by atoms with Gasteiger partial charge in [-0.05, 0) is 43.9 Å². The first-order valence-electron chi connectivity index (χ1n) is 8.81. The number of hydrogen-bond acceptors (Lipinski definition) is 4. The summed E-state index contributed by atoms with van der Waals surface area (Å²) in [6.45, 7) is 3.60. The van der Waals surface area contributed by atoms with Crippen LogP contribution in [-0.2, 0) is 11.3 Å². The van der Waals surface area contributed by atoms with Gasteiger partial charge >= 0.3 is 0 Å². The van der Waals surface area contributed by atoms with Crippen LogP contribution in [0.2, 0.25) is 0 Å². The Morgan fingerprint density at radius 1 is 1.36 bits per heavy atom. The zero-order chi connectivity index (χ0) is 17.4. The van der Waals surface area contributed by atoms with Gasteiger partial charge in [-0.3, -0.25) is 9.69 Å². The van der Waals surface area contributed by atoms with Gasteiger partial charge in [-0.25, -0.2) is 9.37 Å². The molecule has 0 spiro atoms. The highest BCUT2D eigenvalue weighted by molar-refractivity contribution is 7.09. The summed E-state index contributed by atoms with van der Waals surface area (Å²) in [6, 6.07) is 7.12. The van der Waals surface area contributed by atoms with Gasteiger partial charge in [-0.2, -0.15) is 0 Å². The smallest absolute Gasteiger partial charge is 0.224 e. The van der Waals surface area contributed by atoms with E-state index >= 15 is 0 Å². The van der Waals surface area contributed by atoms with E-state index in [-0.39, 0.29) is 29.7 Å². The summed E-state index contributed by atoms with van der Waals surface area (Å²) in [6.07, 6.45) is 2.81. The summed E-state index contributed by atoms with van der Waals surface area (Å²) in [4.78, 5) is 20.6. The van der Waals surface area contributed by atoms with Gasteiger partial charge in [-0.1, -0.05) is 12.1 Å². The second-order valence-corrected chi connectivity index (χ2v) is 7.88. The van der Waals surface area contributed by atoms with E-state index in [9.17, 15) is 9.18 Å². The Hall–Kier alpha value is -1.79. The third-order valence-corrected chi connectivity index (χ3v) is 6.43. The largest absolute Gasteiger partial charge is 0.356 e. The van der Waals surface area contributed by atoms with Crippen molar-refractivity contribution in [2.45, 2.75) is 44.8 Å². The molecule has 2 fully saturated rings. The number of fused-ring (bicyclic) bond motifs is 1. The van der Waals surface area contributed by atoms with E-state index in [2.05, 4.69) is 15.2 Å². The molecule has 2 saturated heterocycles. The first-order valence-corrected chi connectivity index (χ1v) is 9.69. The molecule has 2 aromatic rings. The molecule has 2 aliphatic heterocycles. The highest BCUT2D eigenvalue weighted by Gasteiger charge is 2.45. The SMILES string of the molecule is Cc1ncsc1CN1[C@H](c2ccc(F)cc2)C[C@H]2C(=O)NCCC[C@@H]21. The lowest BCUT2D eigenvalue weighted by atomic mass is 9.94. The first-order chi connectivity index (χ1) is 12.1. The Morgan fingerprint density at radius 2 is 2.16 bits per heavy atom. The lowest BCUT2D eigenvalue weighted by molar-refractivity contribution is -0.125. The zero-order valence-electron chi connectivity index (χ0n) is 14.2. The molecule has 0 saturated carbocycles. The molecule has 0 aliphatic carbocycles. The van der Waals surface area contributed by atoms with E-state index in [1.807, 2.05) is 24.6 Å². The van der Waals surface area contributed by atoms with Crippen molar-refractivity contribution in [2.24, 2.45) is 5.92 Å². The number of nitrogens with one attached hydrogen (secondary N) is 1. The number of aromatic nitrogens is 1. The van der Waals surface area contributed by atoms with E-state index in [0.717, 1.165) is 43.6 Å². The van der Waals surface area contributed by atoms with Crippen LogP contribution in [0.15, 0.2) is 29.8 Å². The highest BCUT2D eigenvalue weighted by atomic mass is 32.1. The van der Waals surface area contributed by atoms with Crippen molar-refractivity contribution in [1.82, 2.24) is 15.2 Å². The maximum Gasteiger partial charge on any atom is 0.224 e. The predicted molar refractivity (Wildman–Crippen MR) is 95.7 cm³/mol. The minimum absolute atomic E-state index is 0.00535. The zero-order valence-corrected chi connectivity index (χ0v) is 15.1. The van der Waals surface area contributed by atoms with Crippen molar-refractivity contribution in [3.05, 3.63) is 51.7 Å². The number of thiazole rings is 1. The Labute approximate surface area is 151 Å². The summed E-state index contributed by atoms with van der Waals surface area (Å²) >= 11 is 1.67. The number of carbonyl (C=O) groups excluding carboxylic acids is 1. The standard InChI is InChI=1S/C19H22FN3OS/c1-12-18(25-11-22-12)10-23-16-3-2-8-21-19(24)15(16)9-17(23)13-4-6-14(20)7-5-13/h4-7,11,15-17H,2-3,8-10H2,1H3,(H,21,24)/t15-,16+,17+/m1/s1. The number of hydrogen-bond donors (Lipinski definition) is 1. The minimum Gasteiger partial charge on any atom is -0.356 e. The van der Waals surface area contributed by atoms with Crippen LogP contribution >= 0.6 is 11.3 Å². The van der Waals surface area contributed by atoms with E-state index in [1.165, 1.54) is 17.0 Å². The molecule has 132 valence electrons. The summed E-state index contributed by atoms with van der Waals surface area (Å²) in [7, 11) is 0. The van der Waals surface area contributed by atoms with E-state index < -0.39 is 0 Å². The fourth-order valence-electron chi connectivity index (χ4n) is 4.18. The topological polar surface area (TPSA) is 45.2 Å². The molecule has 4 rings (SSSR count). The van der Waals surface area contributed by atoms with Crippen LogP contribution < -0.4 is 5.32 Å². The van der Waals surface area contributed by atoms with Gasteiger partial charge in [0.1, 0.15) is 5.82 Å². The van der Waals surface area contributed by atoms with Crippen LogP contribution in [0.1, 0.15) is 41.4 Å². The number of aryl methyl sites for hydroxylation is 1. The van der Waals surface area contributed by atoms with Gasteiger partial charge in [0.05, 0.1) is 17.1 Å². The summed E-state index contributed by atoms with van der Waals surface area (Å²) < 4.78 is 13.4. The van der Waals surface area contributed by atoms with Crippen molar-refractivity contribution in [1.29, 1.82) is 0 Å². The fraction of sp³-hybridized carbons (Fsp3) is 0.474. The van der Waals surface area contributed by atoms with Crippen LogP contribution in [-0.4, -0.2) is 28.4 Å². The third kappa shape index (κ3) is 3.20. The second kappa shape index (κ2) is 6.84. The Balaban J connectivity index is 1.69. The summed E-state index contributed by atoms with van der Waals surface area (Å²) in [5.41, 5.74) is 4.03. The number of benzene rings is 1. The number of halogens is 1. The molecule has 1 amide bonds. The molecular weight excluding hydrogens is 337 g/mol. The molecule has 2 aliphatic rings. The van der Waals surface area contributed by atoms with E-state index in [4.69, 9.17) is 0 Å². The Morgan fingerprint density at radius 3 is 2.88 bits per heavy atom. The quantitative estimate of drug-likeness (QED) is 0.913. The predicted octanol–water partition coefficient (Wildman–Crippen LogP) is 3.43. The van der Waals surface area contributed by atoms with Crippen LogP contribution in [0.25, 0.3) is 0 Å². The lowest BCUT2D eigenvalue weighted by Crippen LogP contribution is -2.37. The molecule has 1 aromatic carbocycles. The van der Waals surface area contributed by atoms with Crippen molar-refractivity contribution >= 4 is 17.2 Å². The number of rotatable bonds is 3. The van der Waals surface area contributed by atoms with Crippen molar-refractivity contribution in [3.63, 3.8) is 0 Å². The minimum atomic E-state index is -0.224. The fourth-order valence-corrected chi connectivity index (χ4v) is 4.97. The molecule has 1 aromatic heterocycles. The van der Waals surface area contributed by atoms with Crippen LogP contribution in [0.4, 0.5) is 4.39 Å². The molecule has 1 N–H and O–H groups in total. The van der Waals surface area contributed by atoms with Crippen molar-refractivity contribution in [3.8, 4) is 0 Å². The normalized spacial score (nSPS) is 27.0. The molecular formula is C19H22FN3OS. The number of likely N-dealkylation sites (tertiary alicyclic amines) is 1. The number of nitrogens with zero attached hydrogens (tertiary/aromatic N) is 2. The molecule has 3 heterocycles. The molecule has 0 unspecified atom stereocenters. The molecule has 3 atom stereocenters. The summed E-state index contributed by atoms with van der Waals surface area (Å²) in [5, 5.41) is 3.05. The van der Waals surface area contributed by atoms with Crippen molar-refractivity contribution in [2.75, 3.05) is 6.54 Å². The van der Waals surface area contributed by atoms with Gasteiger partial charge in [0.2, 0.25) is 5.91 Å². The van der Waals surface area contributed by atoms with Gasteiger partial charge < -0.3 is 5.32 Å². The number of amides is 1. The van der Waals surface area contributed by atoms with Crippen LogP contribution in [0.5, 0.6) is 0 Å². The molecule has 6 heteroatoms. The lowest BCUT2D eigenvalue weighted by Gasteiger charge is -2.30. The van der Waals surface area contributed by atoms with Crippen LogP contribution in [0.3, 0.4) is 0 Å². The number of carbonyl (C=O) groups is 1. The average molecular weight is 359 g/mol. The van der Waals surface area contributed by atoms with Gasteiger partial charge in [-0.15, -0.1) is 11.3 Å².